The van der Waals surface area contributed by atoms with Gasteiger partial charge in [0.1, 0.15) is 23.7 Å². The number of nitrogens with zero attached hydrogens (tertiary/aromatic N) is 1. The monoisotopic (exact) mass is 360 g/mol. The number of aliphatic hydroxyl groups is 1. The van der Waals surface area contributed by atoms with Crippen LogP contribution in [0.3, 0.4) is 0 Å². The molecule has 7 heteroatoms. The smallest absolute Gasteiger partial charge is 0.252 e. The van der Waals surface area contributed by atoms with E-state index in [4.69, 9.17) is 14.9 Å². The van der Waals surface area contributed by atoms with Crippen LogP contribution in [0.2, 0.25) is 0 Å². The molecule has 2 aromatic heterocycles. The number of nitrogens with two attached hydrogens (primary N) is 1. The molecule has 0 fully saturated rings. The van der Waals surface area contributed by atoms with Crippen molar-refractivity contribution in [3.63, 3.8) is 0 Å². The van der Waals surface area contributed by atoms with E-state index in [1.807, 2.05) is 13.8 Å². The van der Waals surface area contributed by atoms with Gasteiger partial charge in [0.25, 0.3) is 5.91 Å². The largest absolute Gasteiger partial charge is 0.488 e. The Balaban J connectivity index is 2.10. The summed E-state index contributed by atoms with van der Waals surface area (Å²) in [6, 6.07) is 3.56. The van der Waals surface area contributed by atoms with Gasteiger partial charge in [0.15, 0.2) is 0 Å². The van der Waals surface area contributed by atoms with Crippen molar-refractivity contribution in [3.05, 3.63) is 45.1 Å². The molecule has 6 nitrogen and oxygen atoms in total. The number of amides is 1. The highest BCUT2D eigenvalue weighted by Gasteiger charge is 2.24. The van der Waals surface area contributed by atoms with Gasteiger partial charge in [0.2, 0.25) is 0 Å². The Bertz CT molecular complexity index is 929. The van der Waals surface area contributed by atoms with E-state index in [-0.39, 0.29) is 12.5 Å². The summed E-state index contributed by atoms with van der Waals surface area (Å²) < 4.78 is 11.6. The van der Waals surface area contributed by atoms with Crippen molar-refractivity contribution in [2.75, 3.05) is 6.61 Å². The summed E-state index contributed by atoms with van der Waals surface area (Å²) in [4.78, 5) is 17.1. The predicted molar refractivity (Wildman–Crippen MR) is 96.2 cm³/mol. The Hall–Kier alpha value is -2.38. The second-order valence-electron chi connectivity index (χ2n) is 5.97. The molecule has 0 radical (unpaired) electrons. The number of carbonyl (C=O) groups excluding carboxylic acids is 1. The van der Waals surface area contributed by atoms with Gasteiger partial charge in [-0.25, -0.2) is 4.98 Å². The van der Waals surface area contributed by atoms with Gasteiger partial charge in [0, 0.05) is 29.7 Å². The third-order valence-corrected chi connectivity index (χ3v) is 4.97. The highest BCUT2D eigenvalue weighted by atomic mass is 32.1. The van der Waals surface area contributed by atoms with Gasteiger partial charge in [-0.15, -0.1) is 11.3 Å². The third kappa shape index (κ3) is 3.25. The lowest BCUT2D eigenvalue weighted by Crippen LogP contribution is -2.13. The first-order chi connectivity index (χ1) is 11.9. The fraction of sp³-hybridized carbons (Fsp3) is 0.333. The number of benzene rings is 1. The van der Waals surface area contributed by atoms with Crippen molar-refractivity contribution in [3.8, 4) is 5.75 Å². The molecule has 1 amide bonds. The van der Waals surface area contributed by atoms with E-state index in [1.165, 1.54) is 0 Å². The minimum Gasteiger partial charge on any atom is -0.488 e. The first kappa shape index (κ1) is 17.4. The highest BCUT2D eigenvalue weighted by molar-refractivity contribution is 7.11. The minimum absolute atomic E-state index is 0.0857. The molecule has 1 aromatic carbocycles. The summed E-state index contributed by atoms with van der Waals surface area (Å²) in [6.07, 6.45) is 1.78. The summed E-state index contributed by atoms with van der Waals surface area (Å²) in [7, 11) is 0. The lowest BCUT2D eigenvalue weighted by atomic mass is 9.94. The number of hydrogen-bond donors (Lipinski definition) is 2. The lowest BCUT2D eigenvalue weighted by Gasteiger charge is -2.16. The maximum atomic E-state index is 11.9. The fourth-order valence-corrected chi connectivity index (χ4v) is 3.65. The first-order valence-corrected chi connectivity index (χ1v) is 8.74. The Kier molecular flexibility index (Phi) is 4.78. The molecule has 0 bridgehead atoms. The zero-order valence-electron chi connectivity index (χ0n) is 14.3. The van der Waals surface area contributed by atoms with E-state index in [0.29, 0.717) is 34.6 Å². The minimum atomic E-state index is -0.558. The molecule has 0 aliphatic carbocycles. The number of fused-ring (bicyclic) bond motifs is 1. The summed E-state index contributed by atoms with van der Waals surface area (Å²) >= 11 is 1.56. The first-order valence-electron chi connectivity index (χ1n) is 7.93. The number of ether oxygens (including phenoxy) is 1. The van der Waals surface area contributed by atoms with Crippen LogP contribution in [0.15, 0.2) is 22.7 Å². The molecule has 1 atom stereocenters. The molecular formula is C18H20N2O4S. The molecular weight excluding hydrogens is 340 g/mol. The molecule has 3 aromatic rings. The number of hydrogen-bond acceptors (Lipinski definition) is 6. The van der Waals surface area contributed by atoms with Gasteiger partial charge >= 0.3 is 0 Å². The molecule has 3 N–H and O–H groups in total. The number of rotatable bonds is 6. The number of aryl methyl sites for hydroxylation is 2. The van der Waals surface area contributed by atoms with Gasteiger partial charge in [-0.05, 0) is 26.0 Å². The van der Waals surface area contributed by atoms with Gasteiger partial charge in [-0.2, -0.15) is 0 Å². The standard InChI is InChI=1S/C18H20N2O4S/c1-9(7-21)15-13(23-8-12-6-20-11(3)25-12)4-5-14-17(15)16(18(19)22)10(2)24-14/h4-6,9,21H,7-8H2,1-3H3,(H2,19,22). The third-order valence-electron chi connectivity index (χ3n) is 4.08. The SMILES string of the molecule is Cc1ncc(COc2ccc3oc(C)c(C(N)=O)c3c2C(C)CO)s1. The Morgan fingerprint density at radius 2 is 2.20 bits per heavy atom. The van der Waals surface area contributed by atoms with Crippen LogP contribution < -0.4 is 10.5 Å². The summed E-state index contributed by atoms with van der Waals surface area (Å²) in [6.45, 7) is 5.79. The van der Waals surface area contributed by atoms with Crippen LogP contribution >= 0.6 is 11.3 Å². The number of aliphatic hydroxyl groups excluding tert-OH is 1. The molecule has 0 saturated carbocycles. The molecule has 25 heavy (non-hydrogen) atoms. The van der Waals surface area contributed by atoms with Crippen molar-refractivity contribution in [1.82, 2.24) is 4.98 Å². The van der Waals surface area contributed by atoms with Gasteiger partial charge in [0.05, 0.1) is 15.4 Å². The number of thiazole rings is 1. The van der Waals surface area contributed by atoms with Crippen molar-refractivity contribution < 1.29 is 19.1 Å². The molecule has 0 aliphatic heterocycles. The Morgan fingerprint density at radius 1 is 1.44 bits per heavy atom. The molecule has 0 aliphatic rings. The van der Waals surface area contributed by atoms with Crippen LogP contribution in [-0.4, -0.2) is 22.6 Å². The molecule has 0 spiro atoms. The van der Waals surface area contributed by atoms with E-state index in [0.717, 1.165) is 15.4 Å². The normalized spacial score (nSPS) is 12.5. The predicted octanol–water partition coefficient (Wildman–Crippen LogP) is 3.28. The van der Waals surface area contributed by atoms with E-state index in [9.17, 15) is 9.90 Å². The zero-order valence-corrected chi connectivity index (χ0v) is 15.1. The van der Waals surface area contributed by atoms with Crippen molar-refractivity contribution in [2.45, 2.75) is 33.3 Å². The van der Waals surface area contributed by atoms with E-state index in [1.54, 1.807) is 36.6 Å². The van der Waals surface area contributed by atoms with Crippen LogP contribution in [0.4, 0.5) is 0 Å². The molecule has 2 heterocycles. The maximum absolute atomic E-state index is 11.9. The van der Waals surface area contributed by atoms with E-state index in [2.05, 4.69) is 4.98 Å². The fourth-order valence-electron chi connectivity index (χ4n) is 2.94. The molecule has 0 saturated heterocycles. The second-order valence-corrected chi connectivity index (χ2v) is 7.29. The number of carbonyl (C=O) groups is 1. The van der Waals surface area contributed by atoms with Crippen molar-refractivity contribution in [2.24, 2.45) is 5.73 Å². The average molecular weight is 360 g/mol. The molecule has 1 unspecified atom stereocenters. The van der Waals surface area contributed by atoms with Crippen LogP contribution in [0.25, 0.3) is 11.0 Å². The van der Waals surface area contributed by atoms with Crippen molar-refractivity contribution in [1.29, 1.82) is 0 Å². The van der Waals surface area contributed by atoms with Crippen LogP contribution in [0.1, 0.15) is 44.4 Å². The quantitative estimate of drug-likeness (QED) is 0.703. The second kappa shape index (κ2) is 6.85. The Morgan fingerprint density at radius 3 is 2.80 bits per heavy atom. The van der Waals surface area contributed by atoms with E-state index < -0.39 is 5.91 Å². The van der Waals surface area contributed by atoms with Crippen LogP contribution in [0.5, 0.6) is 5.75 Å². The summed E-state index contributed by atoms with van der Waals surface area (Å²) in [5.74, 6) is 0.266. The summed E-state index contributed by atoms with van der Waals surface area (Å²) in [5, 5.41) is 11.3. The average Bonchev–Trinajstić information content (AvgIpc) is 3.13. The number of furan rings is 1. The number of primary amides is 1. The lowest BCUT2D eigenvalue weighted by molar-refractivity contribution is 0.1000. The van der Waals surface area contributed by atoms with Crippen molar-refractivity contribution >= 4 is 28.2 Å². The van der Waals surface area contributed by atoms with Gasteiger partial charge < -0.3 is 20.0 Å². The van der Waals surface area contributed by atoms with Gasteiger partial charge in [-0.1, -0.05) is 6.92 Å². The topological polar surface area (TPSA) is 98.6 Å². The highest BCUT2D eigenvalue weighted by Crippen LogP contribution is 2.39. The zero-order chi connectivity index (χ0) is 18.1. The Labute approximate surface area is 149 Å². The van der Waals surface area contributed by atoms with Gasteiger partial charge in [-0.3, -0.25) is 4.79 Å². The van der Waals surface area contributed by atoms with Crippen LogP contribution in [-0.2, 0) is 6.61 Å². The van der Waals surface area contributed by atoms with E-state index >= 15 is 0 Å². The van der Waals surface area contributed by atoms with Crippen LogP contribution in [0, 0.1) is 13.8 Å². The molecule has 3 rings (SSSR count). The molecule has 132 valence electrons. The number of aromatic nitrogens is 1. The summed E-state index contributed by atoms with van der Waals surface area (Å²) in [5.41, 5.74) is 7.17. The maximum Gasteiger partial charge on any atom is 0.252 e.